The fourth-order valence-electron chi connectivity index (χ4n) is 2.56. The molecule has 0 aliphatic rings. The number of nitrogens with zero attached hydrogens (tertiary/aromatic N) is 4. The number of ether oxygens (including phenoxy) is 1. The number of anilines is 1. The van der Waals surface area contributed by atoms with E-state index in [9.17, 15) is 13.2 Å². The molecule has 2 heterocycles. The maximum atomic E-state index is 13.4. The van der Waals surface area contributed by atoms with Gasteiger partial charge in [-0.2, -0.15) is 27.8 Å². The molecule has 3 aromatic rings. The molecule has 2 aromatic heterocycles. The summed E-state index contributed by atoms with van der Waals surface area (Å²) >= 11 is 0. The van der Waals surface area contributed by atoms with E-state index in [0.717, 1.165) is 5.56 Å². The van der Waals surface area contributed by atoms with Crippen LogP contribution in [-0.2, 0) is 17.9 Å². The summed E-state index contributed by atoms with van der Waals surface area (Å²) in [5.74, 6) is 0.646. The predicted molar refractivity (Wildman–Crippen MR) is 93.1 cm³/mol. The lowest BCUT2D eigenvalue weighted by Crippen LogP contribution is -2.46. The van der Waals surface area contributed by atoms with Crippen molar-refractivity contribution < 1.29 is 17.9 Å². The number of halogens is 3. The van der Waals surface area contributed by atoms with Gasteiger partial charge in [0.05, 0.1) is 12.3 Å². The summed E-state index contributed by atoms with van der Waals surface area (Å²) in [5, 5.41) is 9.34. The van der Waals surface area contributed by atoms with Crippen LogP contribution in [-0.4, -0.2) is 45.5 Å². The van der Waals surface area contributed by atoms with Crippen molar-refractivity contribution in [2.45, 2.75) is 25.4 Å². The van der Waals surface area contributed by atoms with Crippen LogP contribution < -0.4 is 10.6 Å². The SMILES string of the molecule is COCc1cc(NC[C@@H](NCc2ccccc2)C(F)(F)F)n2ncnc2n1. The van der Waals surface area contributed by atoms with Crippen molar-refractivity contribution in [2.75, 3.05) is 19.0 Å². The molecule has 0 saturated carbocycles. The zero-order valence-electron chi connectivity index (χ0n) is 14.6. The van der Waals surface area contributed by atoms with E-state index in [1.807, 2.05) is 6.07 Å². The van der Waals surface area contributed by atoms with Crippen molar-refractivity contribution in [3.8, 4) is 0 Å². The van der Waals surface area contributed by atoms with Crippen LogP contribution in [0.15, 0.2) is 42.7 Å². The second-order valence-electron chi connectivity index (χ2n) is 5.88. The van der Waals surface area contributed by atoms with E-state index >= 15 is 0 Å². The smallest absolute Gasteiger partial charge is 0.378 e. The molecule has 0 radical (unpaired) electrons. The van der Waals surface area contributed by atoms with Gasteiger partial charge in [-0.25, -0.2) is 4.98 Å². The highest BCUT2D eigenvalue weighted by Gasteiger charge is 2.39. The first-order chi connectivity index (χ1) is 13.0. The maximum absolute atomic E-state index is 13.4. The lowest BCUT2D eigenvalue weighted by atomic mass is 10.2. The second-order valence-corrected chi connectivity index (χ2v) is 5.88. The third-order valence-corrected chi connectivity index (χ3v) is 3.87. The molecule has 0 amide bonds. The lowest BCUT2D eigenvalue weighted by Gasteiger charge is -2.23. The second kappa shape index (κ2) is 8.31. The monoisotopic (exact) mass is 380 g/mol. The summed E-state index contributed by atoms with van der Waals surface area (Å²) in [6, 6.07) is 8.78. The van der Waals surface area contributed by atoms with E-state index in [-0.39, 0.29) is 25.5 Å². The Kier molecular flexibility index (Phi) is 5.87. The van der Waals surface area contributed by atoms with Gasteiger partial charge >= 0.3 is 6.18 Å². The van der Waals surface area contributed by atoms with Crippen LogP contribution in [0.4, 0.5) is 19.0 Å². The lowest BCUT2D eigenvalue weighted by molar-refractivity contribution is -0.152. The van der Waals surface area contributed by atoms with E-state index in [1.54, 1.807) is 30.3 Å². The van der Waals surface area contributed by atoms with Crippen LogP contribution >= 0.6 is 0 Å². The summed E-state index contributed by atoms with van der Waals surface area (Å²) in [7, 11) is 1.51. The highest BCUT2D eigenvalue weighted by molar-refractivity contribution is 5.45. The fourth-order valence-corrected chi connectivity index (χ4v) is 2.56. The summed E-state index contributed by atoms with van der Waals surface area (Å²) < 4.78 is 46.6. The number of rotatable bonds is 8. The number of methoxy groups -OCH3 is 1. The molecular weight excluding hydrogens is 361 g/mol. The summed E-state index contributed by atoms with van der Waals surface area (Å²) in [4.78, 5) is 8.21. The van der Waals surface area contributed by atoms with E-state index < -0.39 is 12.2 Å². The zero-order valence-corrected chi connectivity index (χ0v) is 14.6. The van der Waals surface area contributed by atoms with Crippen LogP contribution in [0.5, 0.6) is 0 Å². The Morgan fingerprint density at radius 1 is 1.22 bits per heavy atom. The Balaban J connectivity index is 1.73. The largest absolute Gasteiger partial charge is 0.405 e. The third kappa shape index (κ3) is 4.92. The first-order valence-corrected chi connectivity index (χ1v) is 8.24. The van der Waals surface area contributed by atoms with Crippen LogP contribution in [0.2, 0.25) is 0 Å². The van der Waals surface area contributed by atoms with Crippen LogP contribution in [0.1, 0.15) is 11.3 Å². The number of benzene rings is 1. The van der Waals surface area contributed by atoms with Gasteiger partial charge in [0, 0.05) is 26.3 Å². The molecule has 10 heteroatoms. The molecule has 0 aliphatic heterocycles. The molecule has 0 saturated heterocycles. The van der Waals surface area contributed by atoms with E-state index in [4.69, 9.17) is 4.74 Å². The number of fused-ring (bicyclic) bond motifs is 1. The topological polar surface area (TPSA) is 76.4 Å². The molecule has 144 valence electrons. The highest BCUT2D eigenvalue weighted by atomic mass is 19.4. The summed E-state index contributed by atoms with van der Waals surface area (Å²) in [6.45, 7) is -0.0502. The Morgan fingerprint density at radius 3 is 2.70 bits per heavy atom. The minimum Gasteiger partial charge on any atom is -0.378 e. The Bertz CT molecular complexity index is 868. The third-order valence-electron chi connectivity index (χ3n) is 3.87. The average molecular weight is 380 g/mol. The molecule has 2 N–H and O–H groups in total. The van der Waals surface area contributed by atoms with Crippen molar-refractivity contribution >= 4 is 11.6 Å². The van der Waals surface area contributed by atoms with Gasteiger partial charge in [0.25, 0.3) is 5.78 Å². The molecule has 1 atom stereocenters. The van der Waals surface area contributed by atoms with Gasteiger partial charge in [-0.1, -0.05) is 30.3 Å². The Hall–Kier alpha value is -2.72. The van der Waals surface area contributed by atoms with Gasteiger partial charge in [-0.3, -0.25) is 0 Å². The van der Waals surface area contributed by atoms with Crippen molar-refractivity contribution in [1.82, 2.24) is 24.9 Å². The number of nitrogens with one attached hydrogen (secondary N) is 2. The standard InChI is InChI=1S/C17H19F3N6O/c1-27-10-13-7-15(26-16(25-13)23-11-24-26)22-9-14(17(18,19)20)21-8-12-5-3-2-4-6-12/h2-7,11,14,21-22H,8-10H2,1H3/t14-/m1/s1. The normalized spacial score (nSPS) is 13.0. The van der Waals surface area contributed by atoms with Crippen LogP contribution in [0.3, 0.4) is 0 Å². The Labute approximate surface area is 153 Å². The number of alkyl halides is 3. The van der Waals surface area contributed by atoms with E-state index in [1.165, 1.54) is 18.0 Å². The first-order valence-electron chi connectivity index (χ1n) is 8.24. The summed E-state index contributed by atoms with van der Waals surface area (Å²) in [6.07, 6.45) is -3.12. The highest BCUT2D eigenvalue weighted by Crippen LogP contribution is 2.21. The maximum Gasteiger partial charge on any atom is 0.405 e. The van der Waals surface area contributed by atoms with Crippen molar-refractivity contribution in [1.29, 1.82) is 0 Å². The number of aromatic nitrogens is 4. The zero-order chi connectivity index (χ0) is 19.3. The predicted octanol–water partition coefficient (Wildman–Crippen LogP) is 2.40. The van der Waals surface area contributed by atoms with Gasteiger partial charge < -0.3 is 15.4 Å². The van der Waals surface area contributed by atoms with Crippen molar-refractivity contribution in [3.63, 3.8) is 0 Å². The van der Waals surface area contributed by atoms with Gasteiger partial charge in [0.15, 0.2) is 0 Å². The summed E-state index contributed by atoms with van der Waals surface area (Å²) in [5.41, 5.74) is 1.32. The number of hydrogen-bond acceptors (Lipinski definition) is 6. The van der Waals surface area contributed by atoms with Gasteiger partial charge in [-0.15, -0.1) is 0 Å². The van der Waals surface area contributed by atoms with Gasteiger partial charge in [-0.05, 0) is 5.56 Å². The quantitative estimate of drug-likeness (QED) is 0.625. The molecule has 0 spiro atoms. The van der Waals surface area contributed by atoms with E-state index in [0.29, 0.717) is 11.5 Å². The van der Waals surface area contributed by atoms with Crippen LogP contribution in [0, 0.1) is 0 Å². The molecule has 0 unspecified atom stereocenters. The first kappa shape index (κ1) is 19.1. The molecule has 0 aliphatic carbocycles. The molecule has 0 fully saturated rings. The fraction of sp³-hybridized carbons (Fsp3) is 0.353. The Morgan fingerprint density at radius 2 is 2.00 bits per heavy atom. The van der Waals surface area contributed by atoms with Crippen molar-refractivity contribution in [3.05, 3.63) is 54.0 Å². The van der Waals surface area contributed by atoms with Crippen LogP contribution in [0.25, 0.3) is 5.78 Å². The minimum atomic E-state index is -4.41. The molecule has 3 rings (SSSR count). The molecular formula is C17H19F3N6O. The molecule has 1 aromatic carbocycles. The minimum absolute atomic E-state index is 0.108. The van der Waals surface area contributed by atoms with Crippen molar-refractivity contribution in [2.24, 2.45) is 0 Å². The van der Waals surface area contributed by atoms with Gasteiger partial charge in [0.2, 0.25) is 0 Å². The number of hydrogen-bond donors (Lipinski definition) is 2. The molecule has 0 bridgehead atoms. The van der Waals surface area contributed by atoms with Gasteiger partial charge in [0.1, 0.15) is 18.2 Å². The molecule has 7 nitrogen and oxygen atoms in total. The average Bonchev–Trinajstić information content (AvgIpc) is 3.10. The van der Waals surface area contributed by atoms with E-state index in [2.05, 4.69) is 25.7 Å². The molecule has 27 heavy (non-hydrogen) atoms.